The van der Waals surface area contributed by atoms with Gasteiger partial charge >= 0.3 is 0 Å². The van der Waals surface area contributed by atoms with Crippen molar-refractivity contribution in [2.45, 2.75) is 16.4 Å². The Morgan fingerprint density at radius 3 is 2.44 bits per heavy atom. The number of halogens is 1. The van der Waals surface area contributed by atoms with E-state index >= 15 is 0 Å². The summed E-state index contributed by atoms with van der Waals surface area (Å²) in [4.78, 5) is 1.57. The maximum Gasteiger partial charge on any atom is 0.137 e. The Labute approximate surface area is 97.9 Å². The average Bonchev–Trinajstić information content (AvgIpc) is 2.33. The predicted octanol–water partition coefficient (Wildman–Crippen LogP) is 3.47. The normalized spacial score (nSPS) is 10.4. The van der Waals surface area contributed by atoms with Crippen molar-refractivity contribution in [3.8, 4) is 0 Å². The van der Waals surface area contributed by atoms with Crippen molar-refractivity contribution in [3.63, 3.8) is 0 Å². The first-order valence-corrected chi connectivity index (χ1v) is 5.73. The minimum atomic E-state index is -0.291. The van der Waals surface area contributed by atoms with Crippen LogP contribution < -0.4 is 0 Å². The number of aliphatic hydroxyl groups is 1. The second-order valence-electron chi connectivity index (χ2n) is 3.34. The van der Waals surface area contributed by atoms with Gasteiger partial charge in [0.05, 0.1) is 6.61 Å². The van der Waals surface area contributed by atoms with E-state index in [1.54, 1.807) is 12.1 Å². The molecule has 0 unspecified atom stereocenters. The molecule has 0 atom stereocenters. The molecule has 0 heterocycles. The SMILES string of the molecule is OCc1ccc(Sc2ccccc2)c(F)c1. The van der Waals surface area contributed by atoms with E-state index < -0.39 is 0 Å². The van der Waals surface area contributed by atoms with Gasteiger partial charge in [0.25, 0.3) is 0 Å². The van der Waals surface area contributed by atoms with Crippen LogP contribution in [-0.2, 0) is 6.61 Å². The van der Waals surface area contributed by atoms with Crippen molar-refractivity contribution in [2.24, 2.45) is 0 Å². The largest absolute Gasteiger partial charge is 0.392 e. The van der Waals surface area contributed by atoms with Crippen LogP contribution >= 0.6 is 11.8 Å². The van der Waals surface area contributed by atoms with Crippen molar-refractivity contribution in [1.82, 2.24) is 0 Å². The fourth-order valence-corrected chi connectivity index (χ4v) is 2.18. The summed E-state index contributed by atoms with van der Waals surface area (Å²) in [5.74, 6) is -0.291. The van der Waals surface area contributed by atoms with Gasteiger partial charge in [0.15, 0.2) is 0 Å². The molecular formula is C13H11FOS. The smallest absolute Gasteiger partial charge is 0.137 e. The van der Waals surface area contributed by atoms with E-state index in [9.17, 15) is 4.39 Å². The van der Waals surface area contributed by atoms with E-state index in [1.807, 2.05) is 30.3 Å². The second-order valence-corrected chi connectivity index (χ2v) is 4.45. The summed E-state index contributed by atoms with van der Waals surface area (Å²) in [5, 5.41) is 8.87. The van der Waals surface area contributed by atoms with Gasteiger partial charge in [-0.25, -0.2) is 4.39 Å². The number of rotatable bonds is 3. The Morgan fingerprint density at radius 2 is 1.81 bits per heavy atom. The molecule has 1 nitrogen and oxygen atoms in total. The zero-order valence-corrected chi connectivity index (χ0v) is 9.38. The first-order valence-electron chi connectivity index (χ1n) is 4.92. The molecule has 2 rings (SSSR count). The average molecular weight is 234 g/mol. The summed E-state index contributed by atoms with van der Waals surface area (Å²) in [5.41, 5.74) is 0.593. The van der Waals surface area contributed by atoms with E-state index in [0.29, 0.717) is 10.5 Å². The van der Waals surface area contributed by atoms with Crippen LogP contribution in [-0.4, -0.2) is 5.11 Å². The van der Waals surface area contributed by atoms with Crippen LogP contribution in [0.5, 0.6) is 0 Å². The van der Waals surface area contributed by atoms with Gasteiger partial charge in [0, 0.05) is 9.79 Å². The van der Waals surface area contributed by atoms with Crippen LogP contribution in [0.15, 0.2) is 58.3 Å². The third kappa shape index (κ3) is 2.62. The molecule has 0 saturated carbocycles. The molecule has 0 amide bonds. The Bertz CT molecular complexity index is 471. The second kappa shape index (κ2) is 5.14. The third-order valence-electron chi connectivity index (χ3n) is 2.15. The van der Waals surface area contributed by atoms with Crippen molar-refractivity contribution in [3.05, 3.63) is 59.9 Å². The minimum absolute atomic E-state index is 0.132. The van der Waals surface area contributed by atoms with E-state index in [4.69, 9.17) is 5.11 Å². The van der Waals surface area contributed by atoms with E-state index in [2.05, 4.69) is 0 Å². The topological polar surface area (TPSA) is 20.2 Å². The molecule has 2 aromatic rings. The molecule has 1 N–H and O–H groups in total. The third-order valence-corrected chi connectivity index (χ3v) is 3.21. The molecule has 2 aromatic carbocycles. The maximum absolute atomic E-state index is 13.6. The predicted molar refractivity (Wildman–Crippen MR) is 62.9 cm³/mol. The van der Waals surface area contributed by atoms with Crippen LogP contribution in [0.2, 0.25) is 0 Å². The van der Waals surface area contributed by atoms with Crippen molar-refractivity contribution >= 4 is 11.8 Å². The Kier molecular flexibility index (Phi) is 3.59. The highest BCUT2D eigenvalue weighted by molar-refractivity contribution is 7.99. The molecular weight excluding hydrogens is 223 g/mol. The van der Waals surface area contributed by atoms with Gasteiger partial charge in [-0.2, -0.15) is 0 Å². The van der Waals surface area contributed by atoms with Crippen LogP contribution in [0.3, 0.4) is 0 Å². The fraction of sp³-hybridized carbons (Fsp3) is 0.0769. The maximum atomic E-state index is 13.6. The number of aliphatic hydroxyl groups excluding tert-OH is 1. The van der Waals surface area contributed by atoms with Gasteiger partial charge < -0.3 is 5.11 Å². The molecule has 0 aliphatic rings. The lowest BCUT2D eigenvalue weighted by Gasteiger charge is -2.04. The molecule has 3 heteroatoms. The molecule has 0 aliphatic carbocycles. The molecule has 0 aromatic heterocycles. The molecule has 16 heavy (non-hydrogen) atoms. The number of hydrogen-bond acceptors (Lipinski definition) is 2. The van der Waals surface area contributed by atoms with Gasteiger partial charge in [-0.15, -0.1) is 0 Å². The minimum Gasteiger partial charge on any atom is -0.392 e. The quantitative estimate of drug-likeness (QED) is 0.877. The monoisotopic (exact) mass is 234 g/mol. The Balaban J connectivity index is 2.22. The molecule has 0 radical (unpaired) electrons. The zero-order valence-electron chi connectivity index (χ0n) is 8.56. The Hall–Kier alpha value is -1.32. The first kappa shape index (κ1) is 11.2. The van der Waals surface area contributed by atoms with Gasteiger partial charge in [-0.1, -0.05) is 36.0 Å². The lowest BCUT2D eigenvalue weighted by atomic mass is 10.2. The number of hydrogen-bond donors (Lipinski definition) is 1. The van der Waals surface area contributed by atoms with E-state index in [-0.39, 0.29) is 12.4 Å². The standard InChI is InChI=1S/C13H11FOS/c14-12-8-10(9-15)6-7-13(12)16-11-4-2-1-3-5-11/h1-8,15H,9H2. The fourth-order valence-electron chi connectivity index (χ4n) is 1.34. The summed E-state index contributed by atoms with van der Waals surface area (Å²) in [6, 6.07) is 14.4. The summed E-state index contributed by atoms with van der Waals surface area (Å²) in [6.07, 6.45) is 0. The highest BCUT2D eigenvalue weighted by atomic mass is 32.2. The van der Waals surface area contributed by atoms with E-state index in [0.717, 1.165) is 4.90 Å². The van der Waals surface area contributed by atoms with Gasteiger partial charge in [0.1, 0.15) is 5.82 Å². The lowest BCUT2D eigenvalue weighted by molar-refractivity contribution is 0.281. The van der Waals surface area contributed by atoms with Crippen LogP contribution in [0.25, 0.3) is 0 Å². The highest BCUT2D eigenvalue weighted by Gasteiger charge is 2.04. The van der Waals surface area contributed by atoms with Gasteiger partial charge in [-0.05, 0) is 29.8 Å². The molecule has 0 bridgehead atoms. The Morgan fingerprint density at radius 1 is 1.06 bits per heavy atom. The molecule has 0 saturated heterocycles. The van der Waals surface area contributed by atoms with Crippen molar-refractivity contribution < 1.29 is 9.50 Å². The van der Waals surface area contributed by atoms with Gasteiger partial charge in [-0.3, -0.25) is 0 Å². The van der Waals surface area contributed by atoms with Crippen LogP contribution in [0.4, 0.5) is 4.39 Å². The highest BCUT2D eigenvalue weighted by Crippen LogP contribution is 2.29. The molecule has 0 spiro atoms. The molecule has 0 aliphatic heterocycles. The number of benzene rings is 2. The van der Waals surface area contributed by atoms with Gasteiger partial charge in [0.2, 0.25) is 0 Å². The summed E-state index contributed by atoms with van der Waals surface area (Å²) in [6.45, 7) is -0.132. The molecule has 82 valence electrons. The lowest BCUT2D eigenvalue weighted by Crippen LogP contribution is -1.87. The molecule has 0 fully saturated rings. The first-order chi connectivity index (χ1) is 7.79. The van der Waals surface area contributed by atoms with Crippen LogP contribution in [0.1, 0.15) is 5.56 Å². The zero-order chi connectivity index (χ0) is 11.4. The van der Waals surface area contributed by atoms with Crippen LogP contribution in [0, 0.1) is 5.82 Å². The summed E-state index contributed by atoms with van der Waals surface area (Å²) < 4.78 is 13.6. The van der Waals surface area contributed by atoms with Crippen molar-refractivity contribution in [1.29, 1.82) is 0 Å². The van der Waals surface area contributed by atoms with E-state index in [1.165, 1.54) is 17.8 Å². The summed E-state index contributed by atoms with van der Waals surface area (Å²) >= 11 is 1.38. The summed E-state index contributed by atoms with van der Waals surface area (Å²) in [7, 11) is 0. The van der Waals surface area contributed by atoms with Crippen molar-refractivity contribution in [2.75, 3.05) is 0 Å².